The zero-order chi connectivity index (χ0) is 18.1. The van der Waals surface area contributed by atoms with E-state index in [0.717, 1.165) is 44.5 Å². The summed E-state index contributed by atoms with van der Waals surface area (Å²) >= 11 is 0. The fourth-order valence-electron chi connectivity index (χ4n) is 4.17. The summed E-state index contributed by atoms with van der Waals surface area (Å²) in [6.45, 7) is 1.48. The standard InChI is InChI=1S/C19H23N5O2/c1-23-10-2-3-15(23)18(26)24-11-6-19(7-12-24)5-4-16(19)22-17(25)14-13-20-8-9-21-14/h2-3,8-10,13,16H,4-7,11-12H2,1H3,(H,22,25)/t16-/m0/s1. The molecule has 1 N–H and O–H groups in total. The summed E-state index contributed by atoms with van der Waals surface area (Å²) in [5.41, 5.74) is 1.19. The second kappa shape index (κ2) is 6.55. The van der Waals surface area contributed by atoms with E-state index in [-0.39, 0.29) is 23.3 Å². The van der Waals surface area contributed by atoms with E-state index in [1.807, 2.05) is 34.8 Å². The van der Waals surface area contributed by atoms with Crippen molar-refractivity contribution in [2.24, 2.45) is 12.5 Å². The molecule has 0 aromatic carbocycles. The third kappa shape index (κ3) is 2.87. The Bertz CT molecular complexity index is 808. The molecule has 0 bridgehead atoms. The van der Waals surface area contributed by atoms with Gasteiger partial charge in [-0.3, -0.25) is 14.6 Å². The maximum atomic E-state index is 12.7. The molecule has 2 amide bonds. The molecular formula is C19H23N5O2. The maximum Gasteiger partial charge on any atom is 0.271 e. The van der Waals surface area contributed by atoms with Crippen LogP contribution in [0.15, 0.2) is 36.9 Å². The van der Waals surface area contributed by atoms with Crippen LogP contribution in [0.5, 0.6) is 0 Å². The van der Waals surface area contributed by atoms with Crippen molar-refractivity contribution < 1.29 is 9.59 Å². The molecule has 1 aliphatic heterocycles. The number of piperidine rings is 1. The number of hydrogen-bond acceptors (Lipinski definition) is 4. The molecular weight excluding hydrogens is 330 g/mol. The van der Waals surface area contributed by atoms with Gasteiger partial charge < -0.3 is 14.8 Å². The van der Waals surface area contributed by atoms with Gasteiger partial charge in [0.15, 0.2) is 0 Å². The van der Waals surface area contributed by atoms with Crippen molar-refractivity contribution in [3.63, 3.8) is 0 Å². The molecule has 1 saturated carbocycles. The second-order valence-corrected chi connectivity index (χ2v) is 7.31. The number of hydrogen-bond donors (Lipinski definition) is 1. The highest BCUT2D eigenvalue weighted by molar-refractivity contribution is 5.93. The topological polar surface area (TPSA) is 80.1 Å². The molecule has 2 aromatic heterocycles. The van der Waals surface area contributed by atoms with E-state index in [9.17, 15) is 9.59 Å². The molecule has 7 heteroatoms. The number of likely N-dealkylation sites (tertiary alicyclic amines) is 1. The van der Waals surface area contributed by atoms with Crippen molar-refractivity contribution in [3.8, 4) is 0 Å². The number of carbonyl (C=O) groups excluding carboxylic acids is 2. The monoisotopic (exact) mass is 353 g/mol. The van der Waals surface area contributed by atoms with E-state index >= 15 is 0 Å². The minimum Gasteiger partial charge on any atom is -0.347 e. The summed E-state index contributed by atoms with van der Waals surface area (Å²) in [4.78, 5) is 35.0. The lowest BCUT2D eigenvalue weighted by Crippen LogP contribution is -2.59. The third-order valence-electron chi connectivity index (χ3n) is 5.98. The average molecular weight is 353 g/mol. The lowest BCUT2D eigenvalue weighted by Gasteiger charge is -2.54. The van der Waals surface area contributed by atoms with Gasteiger partial charge in [-0.2, -0.15) is 0 Å². The summed E-state index contributed by atoms with van der Waals surface area (Å²) in [5, 5.41) is 3.12. The molecule has 1 saturated heterocycles. The van der Waals surface area contributed by atoms with Gasteiger partial charge in [0.25, 0.3) is 11.8 Å². The third-order valence-corrected chi connectivity index (χ3v) is 5.98. The molecule has 4 rings (SSSR count). The van der Waals surface area contributed by atoms with E-state index in [1.165, 1.54) is 12.4 Å². The quantitative estimate of drug-likeness (QED) is 0.909. The van der Waals surface area contributed by atoms with Gasteiger partial charge in [-0.05, 0) is 43.2 Å². The van der Waals surface area contributed by atoms with Crippen LogP contribution >= 0.6 is 0 Å². The highest BCUT2D eigenvalue weighted by atomic mass is 16.2. The molecule has 3 heterocycles. The maximum absolute atomic E-state index is 12.7. The first-order valence-corrected chi connectivity index (χ1v) is 9.07. The highest BCUT2D eigenvalue weighted by Crippen LogP contribution is 2.49. The first-order chi connectivity index (χ1) is 12.6. The van der Waals surface area contributed by atoms with E-state index in [2.05, 4.69) is 15.3 Å². The lowest BCUT2D eigenvalue weighted by atomic mass is 9.59. The Balaban J connectivity index is 1.37. The Morgan fingerprint density at radius 1 is 1.23 bits per heavy atom. The van der Waals surface area contributed by atoms with Crippen LogP contribution in [0.25, 0.3) is 0 Å². The Kier molecular flexibility index (Phi) is 4.22. The number of aryl methyl sites for hydroxylation is 1. The van der Waals surface area contributed by atoms with Crippen LogP contribution in [0.3, 0.4) is 0 Å². The van der Waals surface area contributed by atoms with Crippen LogP contribution in [0.4, 0.5) is 0 Å². The number of nitrogens with zero attached hydrogens (tertiary/aromatic N) is 4. The van der Waals surface area contributed by atoms with Gasteiger partial charge in [0.05, 0.1) is 6.20 Å². The van der Waals surface area contributed by atoms with Gasteiger partial charge in [-0.25, -0.2) is 4.98 Å². The second-order valence-electron chi connectivity index (χ2n) is 7.31. The molecule has 136 valence electrons. The van der Waals surface area contributed by atoms with E-state index in [1.54, 1.807) is 6.20 Å². The minimum atomic E-state index is -0.163. The largest absolute Gasteiger partial charge is 0.347 e. The number of rotatable bonds is 3. The Labute approximate surface area is 152 Å². The summed E-state index contributed by atoms with van der Waals surface area (Å²) < 4.78 is 1.86. The normalized spacial score (nSPS) is 21.3. The number of carbonyl (C=O) groups is 2. The Hall–Kier alpha value is -2.70. The first-order valence-electron chi connectivity index (χ1n) is 9.07. The Morgan fingerprint density at radius 3 is 2.62 bits per heavy atom. The van der Waals surface area contributed by atoms with Gasteiger partial charge in [0.1, 0.15) is 11.4 Å². The van der Waals surface area contributed by atoms with Crippen molar-refractivity contribution in [2.75, 3.05) is 13.1 Å². The van der Waals surface area contributed by atoms with E-state index < -0.39 is 0 Å². The van der Waals surface area contributed by atoms with Crippen LogP contribution in [-0.4, -0.2) is 50.4 Å². The highest BCUT2D eigenvalue weighted by Gasteiger charge is 2.49. The Morgan fingerprint density at radius 2 is 2.04 bits per heavy atom. The fourth-order valence-corrected chi connectivity index (χ4v) is 4.17. The van der Waals surface area contributed by atoms with Gasteiger partial charge in [-0.1, -0.05) is 0 Å². The predicted molar refractivity (Wildman–Crippen MR) is 95.5 cm³/mol. The summed E-state index contributed by atoms with van der Waals surface area (Å²) in [6.07, 6.45) is 10.4. The van der Waals surface area contributed by atoms with Crippen molar-refractivity contribution in [1.29, 1.82) is 0 Å². The smallest absolute Gasteiger partial charge is 0.271 e. The van der Waals surface area contributed by atoms with E-state index in [4.69, 9.17) is 0 Å². The predicted octanol–water partition coefficient (Wildman–Crippen LogP) is 1.63. The molecule has 1 aliphatic carbocycles. The zero-order valence-corrected chi connectivity index (χ0v) is 14.9. The number of amides is 2. The van der Waals surface area contributed by atoms with Crippen LogP contribution in [0.1, 0.15) is 46.7 Å². The van der Waals surface area contributed by atoms with Crippen molar-refractivity contribution in [2.45, 2.75) is 31.7 Å². The molecule has 0 radical (unpaired) electrons. The summed E-state index contributed by atoms with van der Waals surface area (Å²) in [7, 11) is 1.89. The molecule has 0 unspecified atom stereocenters. The van der Waals surface area contributed by atoms with Gasteiger partial charge in [0, 0.05) is 44.8 Å². The van der Waals surface area contributed by atoms with Crippen molar-refractivity contribution >= 4 is 11.8 Å². The zero-order valence-electron chi connectivity index (χ0n) is 14.9. The van der Waals surface area contributed by atoms with Crippen LogP contribution in [0.2, 0.25) is 0 Å². The van der Waals surface area contributed by atoms with Crippen molar-refractivity contribution in [3.05, 3.63) is 48.3 Å². The van der Waals surface area contributed by atoms with Gasteiger partial charge in [-0.15, -0.1) is 0 Å². The van der Waals surface area contributed by atoms with E-state index in [0.29, 0.717) is 5.69 Å². The van der Waals surface area contributed by atoms with Gasteiger partial charge >= 0.3 is 0 Å². The number of aromatic nitrogens is 3. The molecule has 2 aliphatic rings. The number of nitrogens with one attached hydrogen (secondary N) is 1. The SMILES string of the molecule is Cn1cccc1C(=O)N1CCC2(CC[C@@H]2NC(=O)c2cnccn2)CC1. The molecule has 2 fully saturated rings. The molecule has 2 aromatic rings. The minimum absolute atomic E-state index is 0.0896. The summed E-state index contributed by atoms with van der Waals surface area (Å²) in [6, 6.07) is 3.91. The van der Waals surface area contributed by atoms with Crippen molar-refractivity contribution in [1.82, 2.24) is 24.8 Å². The first kappa shape index (κ1) is 16.8. The average Bonchev–Trinajstić information content (AvgIpc) is 3.11. The van der Waals surface area contributed by atoms with Crippen LogP contribution in [-0.2, 0) is 7.05 Å². The lowest BCUT2D eigenvalue weighted by molar-refractivity contribution is -0.00266. The summed E-state index contributed by atoms with van der Waals surface area (Å²) in [5.74, 6) is -0.0729. The van der Waals surface area contributed by atoms with Crippen LogP contribution in [0, 0.1) is 5.41 Å². The van der Waals surface area contributed by atoms with Gasteiger partial charge in [0.2, 0.25) is 0 Å². The molecule has 1 spiro atoms. The molecule has 1 atom stereocenters. The van der Waals surface area contributed by atoms with Crippen LogP contribution < -0.4 is 5.32 Å². The molecule has 7 nitrogen and oxygen atoms in total. The molecule has 26 heavy (non-hydrogen) atoms. The fraction of sp³-hybridized carbons (Fsp3) is 0.474.